The van der Waals surface area contributed by atoms with E-state index in [9.17, 15) is 4.79 Å². The molecule has 0 amide bonds. The molecule has 1 aliphatic heterocycles. The van der Waals surface area contributed by atoms with E-state index in [4.69, 9.17) is 0 Å². The summed E-state index contributed by atoms with van der Waals surface area (Å²) in [6, 6.07) is 10.1. The van der Waals surface area contributed by atoms with Gasteiger partial charge in [0, 0.05) is 28.0 Å². The van der Waals surface area contributed by atoms with Gasteiger partial charge in [0.1, 0.15) is 5.78 Å². The predicted molar refractivity (Wildman–Crippen MR) is 78.4 cm³/mol. The molecule has 1 N–H and O–H groups in total. The molecule has 0 saturated heterocycles. The highest BCUT2D eigenvalue weighted by Gasteiger charge is 2.28. The summed E-state index contributed by atoms with van der Waals surface area (Å²) in [6.45, 7) is 0.723. The molecule has 1 aliphatic rings. The largest absolute Gasteiger partial charge is 0.384 e. The van der Waals surface area contributed by atoms with Gasteiger partial charge < -0.3 is 5.32 Å². The number of Topliss-reactive ketones (excluding diaryl/α,β-unsaturated/α-hetero) is 1. The van der Waals surface area contributed by atoms with Crippen LogP contribution < -0.4 is 5.32 Å². The van der Waals surface area contributed by atoms with Crippen molar-refractivity contribution in [1.82, 2.24) is 0 Å². The minimum atomic E-state index is -0.00444. The number of carbonyl (C=O) groups is 1. The molecule has 92 valence electrons. The Morgan fingerprint density at radius 2 is 2.22 bits per heavy atom. The van der Waals surface area contributed by atoms with E-state index in [1.54, 1.807) is 11.3 Å². The number of benzene rings is 1. The lowest BCUT2D eigenvalue weighted by atomic mass is 9.95. The summed E-state index contributed by atoms with van der Waals surface area (Å²) in [4.78, 5) is 13.5. The van der Waals surface area contributed by atoms with Gasteiger partial charge in [-0.25, -0.2) is 0 Å². The number of hydrogen-bond acceptors (Lipinski definition) is 3. The van der Waals surface area contributed by atoms with Crippen LogP contribution >= 0.6 is 27.3 Å². The molecule has 1 aromatic heterocycles. The molecular formula is C14H12BrNOS. The van der Waals surface area contributed by atoms with E-state index in [1.807, 2.05) is 35.7 Å². The average Bonchev–Trinajstić information content (AvgIpc) is 2.96. The third-order valence-corrected chi connectivity index (χ3v) is 5.17. The number of halogens is 1. The average molecular weight is 322 g/mol. The van der Waals surface area contributed by atoms with Crippen LogP contribution in [0.3, 0.4) is 0 Å². The van der Waals surface area contributed by atoms with E-state index >= 15 is 0 Å². The minimum Gasteiger partial charge on any atom is -0.384 e. The van der Waals surface area contributed by atoms with Gasteiger partial charge >= 0.3 is 0 Å². The topological polar surface area (TPSA) is 29.1 Å². The third-order valence-electron chi connectivity index (χ3n) is 3.25. The highest BCUT2D eigenvalue weighted by Crippen LogP contribution is 2.33. The van der Waals surface area contributed by atoms with Crippen molar-refractivity contribution in [2.75, 3.05) is 11.9 Å². The first-order valence-corrected chi connectivity index (χ1v) is 7.50. The van der Waals surface area contributed by atoms with Gasteiger partial charge in [-0.3, -0.25) is 4.79 Å². The number of hydrogen-bond donors (Lipinski definition) is 1. The fourth-order valence-corrected chi connectivity index (χ4v) is 3.81. The third kappa shape index (κ3) is 2.10. The summed E-state index contributed by atoms with van der Waals surface area (Å²) in [5, 5.41) is 5.30. The Labute approximate surface area is 118 Å². The zero-order chi connectivity index (χ0) is 12.5. The van der Waals surface area contributed by atoms with Crippen molar-refractivity contribution >= 4 is 38.7 Å². The molecule has 0 fully saturated rings. The van der Waals surface area contributed by atoms with Crippen LogP contribution in [0.25, 0.3) is 0 Å². The number of ketones is 1. The molecule has 0 radical (unpaired) electrons. The van der Waals surface area contributed by atoms with Gasteiger partial charge in [0.25, 0.3) is 0 Å². The van der Waals surface area contributed by atoms with Crippen molar-refractivity contribution < 1.29 is 4.79 Å². The first kappa shape index (κ1) is 11.9. The number of nitrogens with one attached hydrogen (secondary N) is 1. The smallest absolute Gasteiger partial charge is 0.147 e. The van der Waals surface area contributed by atoms with Crippen LogP contribution in [0.5, 0.6) is 0 Å². The molecule has 0 bridgehead atoms. The lowest BCUT2D eigenvalue weighted by Crippen LogP contribution is -2.16. The second-order valence-corrected chi connectivity index (χ2v) is 6.21. The van der Waals surface area contributed by atoms with Crippen LogP contribution in [-0.2, 0) is 11.2 Å². The summed E-state index contributed by atoms with van der Waals surface area (Å²) in [7, 11) is 0. The summed E-state index contributed by atoms with van der Waals surface area (Å²) in [6.07, 6.45) is 0.513. The minimum absolute atomic E-state index is 0.00444. The van der Waals surface area contributed by atoms with Crippen LogP contribution in [0, 0.1) is 0 Å². The van der Waals surface area contributed by atoms with Gasteiger partial charge in [-0.2, -0.15) is 0 Å². The Balaban J connectivity index is 1.81. The Hall–Kier alpha value is -1.13. The van der Waals surface area contributed by atoms with Crippen molar-refractivity contribution in [1.29, 1.82) is 0 Å². The SMILES string of the molecule is O=C(Cc1sccc1Br)C1CNc2ccccc21. The van der Waals surface area contributed by atoms with Crippen LogP contribution in [0.2, 0.25) is 0 Å². The number of rotatable bonds is 3. The number of thiophene rings is 1. The van der Waals surface area contributed by atoms with Gasteiger partial charge in [-0.05, 0) is 39.0 Å². The molecule has 2 nitrogen and oxygen atoms in total. The van der Waals surface area contributed by atoms with Gasteiger partial charge in [0.15, 0.2) is 0 Å². The zero-order valence-corrected chi connectivity index (χ0v) is 12.1. The zero-order valence-electron chi connectivity index (χ0n) is 9.65. The fourth-order valence-electron chi connectivity index (χ4n) is 2.30. The maximum Gasteiger partial charge on any atom is 0.147 e. The second-order valence-electron chi connectivity index (χ2n) is 4.36. The molecule has 0 saturated carbocycles. The Bertz CT molecular complexity index is 593. The van der Waals surface area contributed by atoms with Gasteiger partial charge in [-0.15, -0.1) is 11.3 Å². The van der Waals surface area contributed by atoms with E-state index in [1.165, 1.54) is 0 Å². The molecule has 2 heterocycles. The van der Waals surface area contributed by atoms with E-state index < -0.39 is 0 Å². The van der Waals surface area contributed by atoms with Crippen molar-refractivity contribution in [3.8, 4) is 0 Å². The first-order chi connectivity index (χ1) is 8.75. The molecular weight excluding hydrogens is 310 g/mol. The molecule has 1 atom stereocenters. The molecule has 1 aromatic carbocycles. The van der Waals surface area contributed by atoms with Gasteiger partial charge in [0.05, 0.1) is 5.92 Å². The highest BCUT2D eigenvalue weighted by molar-refractivity contribution is 9.10. The first-order valence-electron chi connectivity index (χ1n) is 5.83. The second kappa shape index (κ2) is 4.86. The fraction of sp³-hybridized carbons (Fsp3) is 0.214. The van der Waals surface area contributed by atoms with Crippen LogP contribution in [0.4, 0.5) is 5.69 Å². The summed E-state index contributed by atoms with van der Waals surface area (Å²) >= 11 is 5.11. The molecule has 18 heavy (non-hydrogen) atoms. The Kier molecular flexibility index (Phi) is 3.22. The number of fused-ring (bicyclic) bond motifs is 1. The molecule has 4 heteroatoms. The summed E-state index contributed by atoms with van der Waals surface area (Å²) in [5.41, 5.74) is 2.23. The predicted octanol–water partition coefficient (Wildman–Crippen LogP) is 3.83. The Morgan fingerprint density at radius 1 is 1.39 bits per heavy atom. The highest BCUT2D eigenvalue weighted by atomic mass is 79.9. The maximum atomic E-state index is 12.4. The lowest BCUT2D eigenvalue weighted by Gasteiger charge is -2.08. The molecule has 2 aromatic rings. The molecule has 0 aliphatic carbocycles. The van der Waals surface area contributed by atoms with Gasteiger partial charge in [-0.1, -0.05) is 18.2 Å². The van der Waals surface area contributed by atoms with Crippen LogP contribution in [0.1, 0.15) is 16.4 Å². The van der Waals surface area contributed by atoms with Gasteiger partial charge in [0.2, 0.25) is 0 Å². The Morgan fingerprint density at radius 3 is 3.00 bits per heavy atom. The van der Waals surface area contributed by atoms with Crippen molar-refractivity contribution in [2.24, 2.45) is 0 Å². The lowest BCUT2D eigenvalue weighted by molar-refractivity contribution is -0.119. The number of anilines is 1. The summed E-state index contributed by atoms with van der Waals surface area (Å²) in [5.74, 6) is 0.283. The van der Waals surface area contributed by atoms with Crippen molar-refractivity contribution in [3.63, 3.8) is 0 Å². The maximum absolute atomic E-state index is 12.4. The molecule has 0 spiro atoms. The van der Waals surface area contributed by atoms with E-state index in [2.05, 4.69) is 21.2 Å². The van der Waals surface area contributed by atoms with Crippen LogP contribution in [0.15, 0.2) is 40.2 Å². The monoisotopic (exact) mass is 321 g/mol. The van der Waals surface area contributed by atoms with Crippen molar-refractivity contribution in [2.45, 2.75) is 12.3 Å². The molecule has 3 rings (SSSR count). The number of carbonyl (C=O) groups excluding carboxylic acids is 1. The van der Waals surface area contributed by atoms with Crippen molar-refractivity contribution in [3.05, 3.63) is 50.6 Å². The van der Waals surface area contributed by atoms with E-state index in [0.717, 1.165) is 27.1 Å². The van der Waals surface area contributed by atoms with Crippen LogP contribution in [-0.4, -0.2) is 12.3 Å². The quantitative estimate of drug-likeness (QED) is 0.930. The standard InChI is InChI=1S/C14H12BrNOS/c15-11-5-6-18-14(11)7-13(17)10-8-16-12-4-2-1-3-9(10)12/h1-6,10,16H,7-8H2. The van der Waals surface area contributed by atoms with E-state index in [-0.39, 0.29) is 11.7 Å². The number of para-hydroxylation sites is 1. The summed E-state index contributed by atoms with van der Waals surface area (Å²) < 4.78 is 1.04. The molecule has 1 unspecified atom stereocenters. The van der Waals surface area contributed by atoms with E-state index in [0.29, 0.717) is 6.42 Å². The normalized spacial score (nSPS) is 17.3.